The molecule has 0 fully saturated rings. The second-order valence-corrected chi connectivity index (χ2v) is 5.85. The van der Waals surface area contributed by atoms with E-state index in [-0.39, 0.29) is 30.9 Å². The van der Waals surface area contributed by atoms with Gasteiger partial charge in [0, 0.05) is 18.2 Å². The highest BCUT2D eigenvalue weighted by Crippen LogP contribution is 2.29. The van der Waals surface area contributed by atoms with Crippen molar-refractivity contribution in [3.05, 3.63) is 65.5 Å². The fraction of sp³-hybridized carbons (Fsp3) is 0.238. The Balaban J connectivity index is 2.26. The van der Waals surface area contributed by atoms with Crippen LogP contribution in [0.3, 0.4) is 0 Å². The molecule has 2 aromatic carbocycles. The van der Waals surface area contributed by atoms with E-state index in [2.05, 4.69) is 4.99 Å². The zero-order valence-corrected chi connectivity index (χ0v) is 15.6. The first kappa shape index (κ1) is 21.1. The van der Waals surface area contributed by atoms with Crippen molar-refractivity contribution < 1.29 is 28.2 Å². The quantitative estimate of drug-likeness (QED) is 0.369. The summed E-state index contributed by atoms with van der Waals surface area (Å²) in [6, 6.07) is 11.2. The van der Waals surface area contributed by atoms with Crippen molar-refractivity contribution in [1.29, 1.82) is 0 Å². The number of hydrogen-bond acceptors (Lipinski definition) is 4. The summed E-state index contributed by atoms with van der Waals surface area (Å²) >= 11 is 0. The predicted octanol–water partition coefficient (Wildman–Crippen LogP) is 5.07. The second kappa shape index (κ2) is 10.2. The van der Waals surface area contributed by atoms with E-state index in [1.54, 1.807) is 38.1 Å². The Labute approximate surface area is 161 Å². The molecule has 0 unspecified atom stereocenters. The van der Waals surface area contributed by atoms with Crippen LogP contribution in [-0.4, -0.2) is 23.9 Å². The molecule has 0 atom stereocenters. The number of carbonyl (C=O) groups is 1. The lowest BCUT2D eigenvalue weighted by molar-refractivity contribution is -0.137. The standard InChI is InChI=1S/C21H21F2NO4/c1-3-24-21(28-16-8-5-4-6-9-16)14(2)15-12-17(22)20(18(23)13-15)27-11-7-10-19(25)26/h3-6,8-9,12-13H,7,10-11H2,1-2H3,(H,25,26)/b21-14-,24-3?. The highest BCUT2D eigenvalue weighted by Gasteiger charge is 2.16. The third kappa shape index (κ3) is 5.90. The van der Waals surface area contributed by atoms with E-state index in [1.807, 2.05) is 6.07 Å². The Hall–Kier alpha value is -3.22. The number of allylic oxidation sites excluding steroid dienone is 1. The Morgan fingerprint density at radius 2 is 1.82 bits per heavy atom. The molecular weight excluding hydrogens is 368 g/mol. The molecule has 0 aliphatic carbocycles. The number of para-hydroxylation sites is 1. The molecule has 0 saturated carbocycles. The minimum atomic E-state index is -0.997. The van der Waals surface area contributed by atoms with Crippen LogP contribution in [0.4, 0.5) is 8.78 Å². The largest absolute Gasteiger partial charge is 0.488 e. The molecule has 0 heterocycles. The lowest BCUT2D eigenvalue weighted by atomic mass is 10.1. The molecular formula is C21H21F2NO4. The summed E-state index contributed by atoms with van der Waals surface area (Å²) < 4.78 is 39.5. The van der Waals surface area contributed by atoms with Crippen LogP contribution in [0.1, 0.15) is 32.3 Å². The Kier molecular flexibility index (Phi) is 7.68. The van der Waals surface area contributed by atoms with Crippen LogP contribution in [0.2, 0.25) is 0 Å². The van der Waals surface area contributed by atoms with Gasteiger partial charge in [-0.3, -0.25) is 4.79 Å². The third-order valence-corrected chi connectivity index (χ3v) is 3.74. The lowest BCUT2D eigenvalue weighted by Gasteiger charge is -2.13. The van der Waals surface area contributed by atoms with E-state index < -0.39 is 23.4 Å². The number of carboxylic acid groups (broad SMARTS) is 1. The lowest BCUT2D eigenvalue weighted by Crippen LogP contribution is -2.05. The van der Waals surface area contributed by atoms with Crippen LogP contribution in [-0.2, 0) is 4.79 Å². The maximum absolute atomic E-state index is 14.4. The van der Waals surface area contributed by atoms with Gasteiger partial charge in [-0.2, -0.15) is 0 Å². The van der Waals surface area contributed by atoms with Gasteiger partial charge in [0.05, 0.1) is 6.61 Å². The Morgan fingerprint density at radius 1 is 1.18 bits per heavy atom. The number of nitrogens with zero attached hydrogens (tertiary/aromatic N) is 1. The van der Waals surface area contributed by atoms with Gasteiger partial charge in [-0.15, -0.1) is 0 Å². The molecule has 0 bridgehead atoms. The molecule has 7 heteroatoms. The fourth-order valence-electron chi connectivity index (χ4n) is 2.35. The van der Waals surface area contributed by atoms with Crippen LogP contribution in [0.25, 0.3) is 5.57 Å². The summed E-state index contributed by atoms with van der Waals surface area (Å²) in [6.07, 6.45) is 1.53. The summed E-state index contributed by atoms with van der Waals surface area (Å²) in [6.45, 7) is 3.25. The number of halogens is 2. The zero-order chi connectivity index (χ0) is 20.5. The molecule has 0 aliphatic heterocycles. The van der Waals surface area contributed by atoms with Crippen molar-refractivity contribution in [3.63, 3.8) is 0 Å². The fourth-order valence-corrected chi connectivity index (χ4v) is 2.35. The van der Waals surface area contributed by atoms with E-state index in [9.17, 15) is 13.6 Å². The summed E-state index contributed by atoms with van der Waals surface area (Å²) in [5.41, 5.74) is 0.696. The maximum Gasteiger partial charge on any atom is 0.303 e. The van der Waals surface area contributed by atoms with Crippen molar-refractivity contribution in [2.45, 2.75) is 26.7 Å². The van der Waals surface area contributed by atoms with Crippen LogP contribution >= 0.6 is 0 Å². The summed E-state index contributed by atoms with van der Waals surface area (Å²) in [4.78, 5) is 14.6. The maximum atomic E-state index is 14.4. The molecule has 2 aromatic rings. The topological polar surface area (TPSA) is 68.1 Å². The summed E-state index contributed by atoms with van der Waals surface area (Å²) in [5, 5.41) is 8.59. The van der Waals surface area contributed by atoms with Gasteiger partial charge in [0.15, 0.2) is 17.4 Å². The van der Waals surface area contributed by atoms with E-state index in [0.29, 0.717) is 11.3 Å². The smallest absolute Gasteiger partial charge is 0.303 e. The van der Waals surface area contributed by atoms with Gasteiger partial charge in [0.2, 0.25) is 5.88 Å². The molecule has 1 N–H and O–H groups in total. The monoisotopic (exact) mass is 389 g/mol. The zero-order valence-electron chi connectivity index (χ0n) is 15.6. The van der Waals surface area contributed by atoms with Gasteiger partial charge in [0.1, 0.15) is 5.75 Å². The molecule has 0 aromatic heterocycles. The highest BCUT2D eigenvalue weighted by atomic mass is 19.1. The Bertz CT molecular complexity index is 856. The first-order chi connectivity index (χ1) is 13.4. The van der Waals surface area contributed by atoms with Gasteiger partial charge >= 0.3 is 5.97 Å². The number of rotatable bonds is 9. The van der Waals surface area contributed by atoms with E-state index in [4.69, 9.17) is 14.6 Å². The third-order valence-electron chi connectivity index (χ3n) is 3.74. The SMILES string of the molecule is CC=N/C(Oc1ccccc1)=C(\C)c1cc(F)c(OCCCC(=O)O)c(F)c1. The predicted molar refractivity (Wildman–Crippen MR) is 103 cm³/mol. The van der Waals surface area contributed by atoms with Crippen molar-refractivity contribution in [2.24, 2.45) is 4.99 Å². The molecule has 5 nitrogen and oxygen atoms in total. The molecule has 0 amide bonds. The number of aliphatic carboxylic acids is 1. The van der Waals surface area contributed by atoms with Crippen molar-refractivity contribution >= 4 is 17.8 Å². The average molecular weight is 389 g/mol. The molecule has 148 valence electrons. The van der Waals surface area contributed by atoms with Crippen LogP contribution < -0.4 is 9.47 Å². The van der Waals surface area contributed by atoms with Crippen LogP contribution in [0.5, 0.6) is 11.5 Å². The van der Waals surface area contributed by atoms with Gasteiger partial charge in [-0.1, -0.05) is 18.2 Å². The average Bonchev–Trinajstić information content (AvgIpc) is 2.66. The normalized spacial score (nSPS) is 12.0. The van der Waals surface area contributed by atoms with E-state index in [1.165, 1.54) is 6.21 Å². The number of hydrogen-bond donors (Lipinski definition) is 1. The molecule has 28 heavy (non-hydrogen) atoms. The number of ether oxygens (including phenoxy) is 2. The minimum absolute atomic E-state index is 0.100. The molecule has 0 saturated heterocycles. The highest BCUT2D eigenvalue weighted by molar-refractivity contribution is 5.69. The second-order valence-electron chi connectivity index (χ2n) is 5.85. The van der Waals surface area contributed by atoms with Crippen LogP contribution in [0.15, 0.2) is 53.3 Å². The first-order valence-corrected chi connectivity index (χ1v) is 8.68. The van der Waals surface area contributed by atoms with E-state index in [0.717, 1.165) is 12.1 Å². The number of benzene rings is 2. The summed E-state index contributed by atoms with van der Waals surface area (Å²) in [5.74, 6) is -2.55. The van der Waals surface area contributed by atoms with Gasteiger partial charge in [-0.25, -0.2) is 13.8 Å². The van der Waals surface area contributed by atoms with Crippen molar-refractivity contribution in [1.82, 2.24) is 0 Å². The first-order valence-electron chi connectivity index (χ1n) is 8.68. The van der Waals surface area contributed by atoms with Gasteiger partial charge in [0.25, 0.3) is 0 Å². The van der Waals surface area contributed by atoms with E-state index >= 15 is 0 Å². The molecule has 2 rings (SSSR count). The number of carboxylic acids is 1. The number of aliphatic imine (C=N–C) groups is 1. The van der Waals surface area contributed by atoms with Crippen molar-refractivity contribution in [2.75, 3.05) is 6.61 Å². The van der Waals surface area contributed by atoms with Crippen molar-refractivity contribution in [3.8, 4) is 11.5 Å². The molecule has 0 radical (unpaired) electrons. The van der Waals surface area contributed by atoms with Gasteiger partial charge < -0.3 is 14.6 Å². The molecule has 0 aliphatic rings. The van der Waals surface area contributed by atoms with Crippen LogP contribution in [0, 0.1) is 11.6 Å². The minimum Gasteiger partial charge on any atom is -0.488 e. The summed E-state index contributed by atoms with van der Waals surface area (Å²) in [7, 11) is 0. The molecule has 0 spiro atoms. The Morgan fingerprint density at radius 3 is 2.39 bits per heavy atom. The van der Waals surface area contributed by atoms with Gasteiger partial charge in [-0.05, 0) is 50.1 Å².